The number of nitrogens with zero attached hydrogens (tertiary/aromatic N) is 2. The van der Waals surface area contributed by atoms with Gasteiger partial charge in [0.15, 0.2) is 0 Å². The Balaban J connectivity index is 1.11. The van der Waals surface area contributed by atoms with Crippen LogP contribution in [0.4, 0.5) is 0 Å². The summed E-state index contributed by atoms with van der Waals surface area (Å²) in [6.07, 6.45) is 0. The van der Waals surface area contributed by atoms with E-state index in [0.29, 0.717) is 0 Å². The summed E-state index contributed by atoms with van der Waals surface area (Å²) in [5.74, 6) is 0. The zero-order valence-corrected chi connectivity index (χ0v) is 32.0. The zero-order valence-electron chi connectivity index (χ0n) is 31.2. The first-order valence-corrected chi connectivity index (χ1v) is 20.6. The number of rotatable bonds is 4. The third-order valence-electron chi connectivity index (χ3n) is 12.1. The molecule has 9 aromatic carbocycles. The standard InChI is InChI=1S/C54H32N2OS/c1-2-14-34(15-3-1)55-45-22-8-4-18-40(45)52-38(20-12-24-47(52)55)39-21-13-25-48-53(39)41-19-5-9-23-46(41)56(48)35-31-42(54-44(32-35)37-17-7-11-27-51(37)58-54)33-28-29-50-43(30-33)36-16-6-10-26-49(36)57-50/h1-32H. The van der Waals surface area contributed by atoms with Crippen molar-refractivity contribution in [1.29, 1.82) is 0 Å². The molecule has 0 aliphatic rings. The number of aromatic nitrogens is 2. The predicted octanol–water partition coefficient (Wildman–Crippen LogP) is 15.5. The molecule has 4 heterocycles. The van der Waals surface area contributed by atoms with Crippen molar-refractivity contribution in [3.8, 4) is 33.6 Å². The highest BCUT2D eigenvalue weighted by atomic mass is 32.1. The van der Waals surface area contributed by atoms with Gasteiger partial charge in [-0.15, -0.1) is 11.3 Å². The van der Waals surface area contributed by atoms with Gasteiger partial charge in [-0.2, -0.15) is 0 Å². The number of hydrogen-bond acceptors (Lipinski definition) is 2. The van der Waals surface area contributed by atoms with Crippen LogP contribution in [0, 0.1) is 0 Å². The van der Waals surface area contributed by atoms with Gasteiger partial charge in [-0.3, -0.25) is 0 Å². The van der Waals surface area contributed by atoms with Gasteiger partial charge in [0, 0.05) is 69.4 Å². The maximum atomic E-state index is 6.28. The summed E-state index contributed by atoms with van der Waals surface area (Å²) in [7, 11) is 0. The molecule has 0 N–H and O–H groups in total. The average molecular weight is 757 g/mol. The fraction of sp³-hybridized carbons (Fsp3) is 0. The Morgan fingerprint density at radius 2 is 0.914 bits per heavy atom. The van der Waals surface area contributed by atoms with E-state index < -0.39 is 0 Å². The van der Waals surface area contributed by atoms with E-state index in [1.165, 1.54) is 86.0 Å². The number of fused-ring (bicyclic) bond motifs is 12. The summed E-state index contributed by atoms with van der Waals surface area (Å²) in [6.45, 7) is 0. The monoisotopic (exact) mass is 756 g/mol. The van der Waals surface area contributed by atoms with Gasteiger partial charge >= 0.3 is 0 Å². The molecule has 0 aliphatic carbocycles. The average Bonchev–Trinajstić information content (AvgIpc) is 4.04. The van der Waals surface area contributed by atoms with Crippen LogP contribution in [0.1, 0.15) is 0 Å². The van der Waals surface area contributed by atoms with E-state index >= 15 is 0 Å². The lowest BCUT2D eigenvalue weighted by molar-refractivity contribution is 0.669. The minimum atomic E-state index is 0.908. The van der Waals surface area contributed by atoms with Crippen LogP contribution in [-0.2, 0) is 0 Å². The van der Waals surface area contributed by atoms with Crippen molar-refractivity contribution in [2.45, 2.75) is 0 Å². The Hall–Kier alpha value is -7.40. The van der Waals surface area contributed by atoms with Gasteiger partial charge in [-0.1, -0.05) is 121 Å². The molecule has 0 amide bonds. The minimum absolute atomic E-state index is 0.908. The van der Waals surface area contributed by atoms with Crippen LogP contribution in [0.5, 0.6) is 0 Å². The zero-order chi connectivity index (χ0) is 37.9. The van der Waals surface area contributed by atoms with Gasteiger partial charge in [0.2, 0.25) is 0 Å². The number of benzene rings is 9. The van der Waals surface area contributed by atoms with Crippen LogP contribution < -0.4 is 0 Å². The topological polar surface area (TPSA) is 23.0 Å². The molecular formula is C54H32N2OS. The molecule has 4 aromatic heterocycles. The molecule has 0 saturated heterocycles. The van der Waals surface area contributed by atoms with Crippen LogP contribution in [0.2, 0.25) is 0 Å². The van der Waals surface area contributed by atoms with Crippen molar-refractivity contribution in [2.75, 3.05) is 0 Å². The molecule has 0 spiro atoms. The van der Waals surface area contributed by atoms with E-state index in [1.807, 2.05) is 17.4 Å². The van der Waals surface area contributed by atoms with E-state index in [2.05, 4.69) is 197 Å². The lowest BCUT2D eigenvalue weighted by Gasteiger charge is -2.13. The molecule has 0 atom stereocenters. The largest absolute Gasteiger partial charge is 0.456 e. The molecule has 270 valence electrons. The van der Waals surface area contributed by atoms with E-state index in [4.69, 9.17) is 4.42 Å². The molecule has 0 bridgehead atoms. The van der Waals surface area contributed by atoms with Crippen LogP contribution in [0.3, 0.4) is 0 Å². The molecule has 3 nitrogen and oxygen atoms in total. The summed E-state index contributed by atoms with van der Waals surface area (Å²) in [5.41, 5.74) is 13.8. The summed E-state index contributed by atoms with van der Waals surface area (Å²) < 4.78 is 13.8. The van der Waals surface area contributed by atoms with Gasteiger partial charge in [0.1, 0.15) is 11.2 Å². The number of furan rings is 1. The van der Waals surface area contributed by atoms with Crippen LogP contribution in [0.25, 0.3) is 119 Å². The molecule has 58 heavy (non-hydrogen) atoms. The third kappa shape index (κ3) is 4.43. The highest BCUT2D eigenvalue weighted by molar-refractivity contribution is 7.26. The highest BCUT2D eigenvalue weighted by Crippen LogP contribution is 2.47. The number of thiophene rings is 1. The second-order valence-electron chi connectivity index (χ2n) is 15.2. The SMILES string of the molecule is c1ccc(-n2c3ccccc3c3c(-c4cccc5c4c4ccccc4n5-c4cc(-c5ccc6oc7ccccc7c6c5)c5sc6ccccc6c5c4)cccc32)cc1. The summed E-state index contributed by atoms with van der Waals surface area (Å²) in [6, 6.07) is 70.8. The van der Waals surface area contributed by atoms with Gasteiger partial charge in [0.25, 0.3) is 0 Å². The van der Waals surface area contributed by atoms with Crippen molar-refractivity contribution in [2.24, 2.45) is 0 Å². The summed E-state index contributed by atoms with van der Waals surface area (Å²) >= 11 is 1.87. The molecule has 4 heteroatoms. The van der Waals surface area contributed by atoms with Crippen molar-refractivity contribution in [1.82, 2.24) is 9.13 Å². The highest BCUT2D eigenvalue weighted by Gasteiger charge is 2.22. The van der Waals surface area contributed by atoms with Gasteiger partial charge in [-0.25, -0.2) is 0 Å². The summed E-state index contributed by atoms with van der Waals surface area (Å²) in [4.78, 5) is 0. The lowest BCUT2D eigenvalue weighted by Crippen LogP contribution is -1.95. The normalized spacial score (nSPS) is 12.1. The first-order chi connectivity index (χ1) is 28.8. The second kappa shape index (κ2) is 12.1. The van der Waals surface area contributed by atoms with Crippen molar-refractivity contribution < 1.29 is 4.42 Å². The quantitative estimate of drug-likeness (QED) is 0.175. The molecule has 13 aromatic rings. The first kappa shape index (κ1) is 31.8. The number of para-hydroxylation sites is 4. The van der Waals surface area contributed by atoms with E-state index in [0.717, 1.165) is 33.3 Å². The van der Waals surface area contributed by atoms with E-state index in [-0.39, 0.29) is 0 Å². The van der Waals surface area contributed by atoms with Crippen molar-refractivity contribution in [3.63, 3.8) is 0 Å². The second-order valence-corrected chi connectivity index (χ2v) is 16.3. The summed E-state index contributed by atoms with van der Waals surface area (Å²) in [5, 5.41) is 9.83. The van der Waals surface area contributed by atoms with E-state index in [1.54, 1.807) is 0 Å². The molecule has 0 unspecified atom stereocenters. The minimum Gasteiger partial charge on any atom is -0.456 e. The Labute approximate surface area is 336 Å². The third-order valence-corrected chi connectivity index (χ3v) is 13.3. The van der Waals surface area contributed by atoms with Crippen LogP contribution in [0.15, 0.2) is 199 Å². The van der Waals surface area contributed by atoms with Crippen LogP contribution >= 0.6 is 11.3 Å². The maximum Gasteiger partial charge on any atom is 0.135 e. The predicted molar refractivity (Wildman–Crippen MR) is 246 cm³/mol. The molecule has 0 saturated carbocycles. The molecule has 0 aliphatic heterocycles. The smallest absolute Gasteiger partial charge is 0.135 e. The Bertz CT molecular complexity index is 3800. The Morgan fingerprint density at radius 1 is 0.345 bits per heavy atom. The van der Waals surface area contributed by atoms with Crippen LogP contribution in [-0.4, -0.2) is 9.13 Å². The molecule has 13 rings (SSSR count). The Kier molecular flexibility index (Phi) is 6.60. The molecule has 0 radical (unpaired) electrons. The first-order valence-electron chi connectivity index (χ1n) is 19.8. The van der Waals surface area contributed by atoms with Gasteiger partial charge in [-0.05, 0) is 89.5 Å². The Morgan fingerprint density at radius 3 is 1.64 bits per heavy atom. The lowest BCUT2D eigenvalue weighted by atomic mass is 9.95. The number of hydrogen-bond donors (Lipinski definition) is 0. The fourth-order valence-electron chi connectivity index (χ4n) is 9.67. The molecular weight excluding hydrogens is 725 g/mol. The van der Waals surface area contributed by atoms with Crippen molar-refractivity contribution in [3.05, 3.63) is 194 Å². The van der Waals surface area contributed by atoms with Gasteiger partial charge in [0.05, 0.1) is 22.1 Å². The van der Waals surface area contributed by atoms with Gasteiger partial charge < -0.3 is 13.6 Å². The van der Waals surface area contributed by atoms with Crippen molar-refractivity contribution >= 4 is 97.1 Å². The molecule has 0 fully saturated rings. The van der Waals surface area contributed by atoms with E-state index in [9.17, 15) is 0 Å². The fourth-order valence-corrected chi connectivity index (χ4v) is 10.9. The maximum absolute atomic E-state index is 6.28.